The zero-order chi connectivity index (χ0) is 9.97. The van der Waals surface area contributed by atoms with Crippen molar-refractivity contribution in [1.82, 2.24) is 15.0 Å². The van der Waals surface area contributed by atoms with Crippen LogP contribution >= 0.6 is 11.8 Å². The molecule has 0 spiro atoms. The lowest BCUT2D eigenvalue weighted by Gasteiger charge is -2.04. The summed E-state index contributed by atoms with van der Waals surface area (Å²) in [5.41, 5.74) is 6.51. The fourth-order valence-corrected chi connectivity index (χ4v) is 1.80. The summed E-state index contributed by atoms with van der Waals surface area (Å²) in [6.45, 7) is 0. The maximum absolute atomic E-state index is 5.51. The molecule has 1 heterocycles. The largest absolute Gasteiger partial charge is 0.381 e. The highest BCUT2D eigenvalue weighted by atomic mass is 32.2. The Bertz CT molecular complexity index is 438. The number of thioether (sulfide) groups is 1. The fourth-order valence-electron chi connectivity index (χ4n) is 1.21. The molecule has 14 heavy (non-hydrogen) atoms. The second-order valence-corrected chi connectivity index (χ2v) is 3.61. The van der Waals surface area contributed by atoms with Crippen molar-refractivity contribution in [3.8, 4) is 5.69 Å². The number of anilines is 1. The molecule has 0 saturated heterocycles. The summed E-state index contributed by atoms with van der Waals surface area (Å²) in [6.07, 6.45) is 3.73. The number of rotatable bonds is 2. The minimum atomic E-state index is 0.431. The van der Waals surface area contributed by atoms with E-state index in [9.17, 15) is 0 Å². The van der Waals surface area contributed by atoms with Gasteiger partial charge < -0.3 is 5.73 Å². The third-order valence-corrected chi connectivity index (χ3v) is 2.63. The maximum Gasteiger partial charge on any atom is 0.166 e. The zero-order valence-corrected chi connectivity index (χ0v) is 8.53. The lowest BCUT2D eigenvalue weighted by molar-refractivity contribution is 0.792. The van der Waals surface area contributed by atoms with Gasteiger partial charge in [-0.05, 0) is 18.4 Å². The Morgan fingerprint density at radius 2 is 2.14 bits per heavy atom. The second kappa shape index (κ2) is 3.71. The van der Waals surface area contributed by atoms with E-state index < -0.39 is 0 Å². The lowest BCUT2D eigenvalue weighted by atomic mass is 10.3. The average Bonchev–Trinajstić information content (AvgIpc) is 2.65. The molecule has 2 rings (SSSR count). The van der Waals surface area contributed by atoms with E-state index in [1.54, 1.807) is 22.6 Å². The van der Waals surface area contributed by atoms with Crippen LogP contribution in [-0.2, 0) is 0 Å². The highest BCUT2D eigenvalue weighted by Gasteiger charge is 2.04. The summed E-state index contributed by atoms with van der Waals surface area (Å²) in [4.78, 5) is 1.15. The first-order chi connectivity index (χ1) is 6.81. The molecule has 1 aromatic heterocycles. The molecule has 0 saturated carbocycles. The molecule has 4 nitrogen and oxygen atoms in total. The molecule has 2 N–H and O–H groups in total. The molecular formula is C9H10N4S. The van der Waals surface area contributed by atoms with Gasteiger partial charge in [-0.1, -0.05) is 17.3 Å². The van der Waals surface area contributed by atoms with E-state index in [-0.39, 0.29) is 0 Å². The van der Waals surface area contributed by atoms with Crippen molar-refractivity contribution in [1.29, 1.82) is 0 Å². The van der Waals surface area contributed by atoms with Crippen molar-refractivity contribution < 1.29 is 0 Å². The van der Waals surface area contributed by atoms with Crippen LogP contribution in [0.4, 0.5) is 5.82 Å². The molecule has 5 heteroatoms. The third-order valence-electron chi connectivity index (χ3n) is 1.84. The van der Waals surface area contributed by atoms with Crippen LogP contribution in [0.15, 0.2) is 35.4 Å². The Morgan fingerprint density at radius 3 is 2.79 bits per heavy atom. The van der Waals surface area contributed by atoms with Crippen LogP contribution in [0, 0.1) is 0 Å². The number of nitrogen functional groups attached to an aromatic ring is 1. The van der Waals surface area contributed by atoms with Crippen LogP contribution in [0.2, 0.25) is 0 Å². The first-order valence-electron chi connectivity index (χ1n) is 4.12. The Labute approximate surface area is 86.1 Å². The fraction of sp³-hybridized carbons (Fsp3) is 0.111. The molecule has 0 aliphatic heterocycles. The standard InChI is InChI=1S/C9H10N4S/c1-14-8-5-3-2-4-7(8)13-6-9(10)11-12-13/h2-6H,10H2,1H3. The number of hydrogen-bond acceptors (Lipinski definition) is 4. The summed E-state index contributed by atoms with van der Waals surface area (Å²) >= 11 is 1.67. The van der Waals surface area contributed by atoms with Crippen molar-refractivity contribution >= 4 is 17.6 Å². The Kier molecular flexibility index (Phi) is 2.41. The number of nitrogens with two attached hydrogens (primary N) is 1. The van der Waals surface area contributed by atoms with Gasteiger partial charge in [0.05, 0.1) is 11.9 Å². The quantitative estimate of drug-likeness (QED) is 0.758. The van der Waals surface area contributed by atoms with E-state index in [1.807, 2.05) is 30.5 Å². The highest BCUT2D eigenvalue weighted by Crippen LogP contribution is 2.22. The minimum absolute atomic E-state index is 0.431. The lowest BCUT2D eigenvalue weighted by Crippen LogP contribution is -1.96. The molecule has 0 atom stereocenters. The van der Waals surface area contributed by atoms with E-state index in [0.717, 1.165) is 10.6 Å². The first kappa shape index (κ1) is 9.08. The van der Waals surface area contributed by atoms with Gasteiger partial charge in [0.2, 0.25) is 0 Å². The molecule has 0 aliphatic rings. The molecule has 72 valence electrons. The number of benzene rings is 1. The molecule has 0 amide bonds. The second-order valence-electron chi connectivity index (χ2n) is 2.76. The number of hydrogen-bond donors (Lipinski definition) is 1. The van der Waals surface area contributed by atoms with Gasteiger partial charge in [0, 0.05) is 4.90 Å². The minimum Gasteiger partial charge on any atom is -0.381 e. The number of nitrogens with zero attached hydrogens (tertiary/aromatic N) is 3. The monoisotopic (exact) mass is 206 g/mol. The smallest absolute Gasteiger partial charge is 0.166 e. The molecule has 1 aromatic carbocycles. The molecule has 0 bridgehead atoms. The highest BCUT2D eigenvalue weighted by molar-refractivity contribution is 7.98. The van der Waals surface area contributed by atoms with Gasteiger partial charge in [0.15, 0.2) is 5.82 Å². The molecule has 0 fully saturated rings. The molecule has 0 unspecified atom stereocenters. The van der Waals surface area contributed by atoms with Crippen LogP contribution in [0.1, 0.15) is 0 Å². The van der Waals surface area contributed by atoms with E-state index in [0.29, 0.717) is 5.82 Å². The molecular weight excluding hydrogens is 196 g/mol. The summed E-state index contributed by atoms with van der Waals surface area (Å²) in [5.74, 6) is 0.431. The number of aromatic nitrogens is 3. The zero-order valence-electron chi connectivity index (χ0n) is 7.71. The van der Waals surface area contributed by atoms with Crippen LogP contribution in [0.3, 0.4) is 0 Å². The van der Waals surface area contributed by atoms with Gasteiger partial charge >= 0.3 is 0 Å². The normalized spacial score (nSPS) is 10.4. The maximum atomic E-state index is 5.51. The van der Waals surface area contributed by atoms with Gasteiger partial charge in [0.1, 0.15) is 0 Å². The van der Waals surface area contributed by atoms with Gasteiger partial charge in [-0.2, -0.15) is 0 Å². The van der Waals surface area contributed by atoms with Crippen molar-refractivity contribution in [2.24, 2.45) is 0 Å². The van der Waals surface area contributed by atoms with Crippen molar-refractivity contribution in [2.45, 2.75) is 4.90 Å². The Hall–Kier alpha value is -1.49. The van der Waals surface area contributed by atoms with Gasteiger partial charge in [-0.25, -0.2) is 4.68 Å². The SMILES string of the molecule is CSc1ccccc1-n1cc(N)nn1. The van der Waals surface area contributed by atoms with Crippen LogP contribution in [-0.4, -0.2) is 21.2 Å². The summed E-state index contributed by atoms with van der Waals surface area (Å²) < 4.78 is 1.68. The van der Waals surface area contributed by atoms with Crippen LogP contribution < -0.4 is 5.73 Å². The van der Waals surface area contributed by atoms with E-state index in [4.69, 9.17) is 5.73 Å². The Balaban J connectivity index is 2.50. The van der Waals surface area contributed by atoms with E-state index in [2.05, 4.69) is 10.3 Å². The summed E-state index contributed by atoms with van der Waals surface area (Å²) in [7, 11) is 0. The average molecular weight is 206 g/mol. The number of para-hydroxylation sites is 1. The predicted molar refractivity (Wildman–Crippen MR) is 57.6 cm³/mol. The van der Waals surface area contributed by atoms with Gasteiger partial charge in [-0.3, -0.25) is 0 Å². The van der Waals surface area contributed by atoms with Gasteiger partial charge in [0.25, 0.3) is 0 Å². The predicted octanol–water partition coefficient (Wildman–Crippen LogP) is 1.57. The first-order valence-corrected chi connectivity index (χ1v) is 5.35. The van der Waals surface area contributed by atoms with Crippen LogP contribution in [0.25, 0.3) is 5.69 Å². The molecule has 0 aliphatic carbocycles. The van der Waals surface area contributed by atoms with E-state index in [1.165, 1.54) is 0 Å². The van der Waals surface area contributed by atoms with E-state index >= 15 is 0 Å². The summed E-state index contributed by atoms with van der Waals surface area (Å²) in [5, 5.41) is 7.67. The molecule has 0 radical (unpaired) electrons. The Morgan fingerprint density at radius 1 is 1.36 bits per heavy atom. The van der Waals surface area contributed by atoms with Crippen LogP contribution in [0.5, 0.6) is 0 Å². The third kappa shape index (κ3) is 1.58. The van der Waals surface area contributed by atoms with Crippen molar-refractivity contribution in [3.05, 3.63) is 30.5 Å². The molecule has 2 aromatic rings. The van der Waals surface area contributed by atoms with Gasteiger partial charge in [-0.15, -0.1) is 16.9 Å². The van der Waals surface area contributed by atoms with Crippen molar-refractivity contribution in [2.75, 3.05) is 12.0 Å². The topological polar surface area (TPSA) is 56.7 Å². The van der Waals surface area contributed by atoms with Crippen molar-refractivity contribution in [3.63, 3.8) is 0 Å². The summed E-state index contributed by atoms with van der Waals surface area (Å²) in [6, 6.07) is 7.99.